The van der Waals surface area contributed by atoms with Crippen LogP contribution >= 0.6 is 0 Å². The molecule has 0 atom stereocenters. The molecule has 7 heteroatoms. The normalized spacial score (nSPS) is 10.7. The number of carboxylic acid groups (broad SMARTS) is 1. The zero-order chi connectivity index (χ0) is 19.2. The number of amides is 2. The van der Waals surface area contributed by atoms with Gasteiger partial charge >= 0.3 is 12.0 Å². The average molecular weight is 362 g/mol. The number of carboxylic acids is 1. The standard InChI is InChI=1S/C20H18N4O3/c1-14-5-2-3-7-18(14)22-20(27)23-21-13-17-6-4-12-24(17)16-10-8-15(9-11-16)19(25)26/h2-13H,1H3,(H,25,26)(H2,22,23,27). The lowest BCUT2D eigenvalue weighted by Gasteiger charge is -2.08. The van der Waals surface area contributed by atoms with E-state index in [1.807, 2.05) is 54.1 Å². The van der Waals surface area contributed by atoms with Crippen molar-refractivity contribution < 1.29 is 14.7 Å². The molecule has 0 spiro atoms. The van der Waals surface area contributed by atoms with Crippen LogP contribution in [0.5, 0.6) is 0 Å². The largest absolute Gasteiger partial charge is 0.478 e. The second-order valence-electron chi connectivity index (χ2n) is 5.79. The quantitative estimate of drug-likeness (QED) is 0.478. The molecule has 3 aromatic rings. The van der Waals surface area contributed by atoms with Gasteiger partial charge < -0.3 is 15.0 Å². The molecule has 3 rings (SSSR count). The first-order valence-corrected chi connectivity index (χ1v) is 8.21. The summed E-state index contributed by atoms with van der Waals surface area (Å²) in [6, 6.07) is 17.2. The van der Waals surface area contributed by atoms with Crippen LogP contribution in [0.2, 0.25) is 0 Å². The molecule has 0 aliphatic carbocycles. The number of aromatic carboxylic acids is 1. The molecule has 0 saturated heterocycles. The monoisotopic (exact) mass is 362 g/mol. The summed E-state index contributed by atoms with van der Waals surface area (Å²) in [6.07, 6.45) is 3.34. The Hall–Kier alpha value is -3.87. The van der Waals surface area contributed by atoms with Crippen LogP contribution in [0.3, 0.4) is 0 Å². The molecule has 0 saturated carbocycles. The van der Waals surface area contributed by atoms with Gasteiger partial charge in [0.1, 0.15) is 0 Å². The second kappa shape index (κ2) is 8.01. The number of carbonyl (C=O) groups excluding carboxylic acids is 1. The SMILES string of the molecule is Cc1ccccc1NC(=O)NN=Cc1cccn1-c1ccc(C(=O)O)cc1. The summed E-state index contributed by atoms with van der Waals surface area (Å²) < 4.78 is 1.83. The number of hydrogen-bond acceptors (Lipinski definition) is 3. The fourth-order valence-electron chi connectivity index (χ4n) is 2.52. The third kappa shape index (κ3) is 4.40. The van der Waals surface area contributed by atoms with Gasteiger partial charge in [0.25, 0.3) is 0 Å². The minimum Gasteiger partial charge on any atom is -0.478 e. The maximum Gasteiger partial charge on any atom is 0.339 e. The smallest absolute Gasteiger partial charge is 0.339 e. The number of aryl methyl sites for hydroxylation is 1. The molecule has 0 fully saturated rings. The number of rotatable bonds is 5. The third-order valence-electron chi connectivity index (χ3n) is 3.93. The molecule has 2 amide bonds. The summed E-state index contributed by atoms with van der Waals surface area (Å²) in [5.41, 5.74) is 5.83. The minimum atomic E-state index is -0.972. The predicted octanol–water partition coefficient (Wildman–Crippen LogP) is 3.64. The van der Waals surface area contributed by atoms with Crippen molar-refractivity contribution in [3.05, 3.63) is 83.7 Å². The van der Waals surface area contributed by atoms with Gasteiger partial charge in [-0.2, -0.15) is 5.10 Å². The van der Waals surface area contributed by atoms with Gasteiger partial charge in [0.15, 0.2) is 0 Å². The van der Waals surface area contributed by atoms with E-state index in [-0.39, 0.29) is 5.56 Å². The van der Waals surface area contributed by atoms with Crippen molar-refractivity contribution in [1.29, 1.82) is 0 Å². The Morgan fingerprint density at radius 1 is 1.04 bits per heavy atom. The molecule has 0 bridgehead atoms. The highest BCUT2D eigenvalue weighted by atomic mass is 16.4. The van der Waals surface area contributed by atoms with E-state index in [9.17, 15) is 9.59 Å². The summed E-state index contributed by atoms with van der Waals surface area (Å²) in [5.74, 6) is -0.972. The fourth-order valence-corrected chi connectivity index (χ4v) is 2.52. The van der Waals surface area contributed by atoms with Gasteiger partial charge in [0.05, 0.1) is 17.5 Å². The number of para-hydroxylation sites is 1. The van der Waals surface area contributed by atoms with Crippen LogP contribution in [-0.4, -0.2) is 27.9 Å². The lowest BCUT2D eigenvalue weighted by atomic mass is 10.2. The molecule has 0 unspecified atom stereocenters. The maximum atomic E-state index is 12.0. The molecule has 136 valence electrons. The zero-order valence-corrected chi connectivity index (χ0v) is 14.6. The van der Waals surface area contributed by atoms with E-state index in [0.29, 0.717) is 5.69 Å². The van der Waals surface area contributed by atoms with Gasteiger partial charge in [-0.25, -0.2) is 15.0 Å². The van der Waals surface area contributed by atoms with Crippen LogP contribution < -0.4 is 10.7 Å². The maximum absolute atomic E-state index is 12.0. The van der Waals surface area contributed by atoms with E-state index in [1.54, 1.807) is 12.1 Å². The number of carbonyl (C=O) groups is 2. The first-order chi connectivity index (χ1) is 13.0. The van der Waals surface area contributed by atoms with Crippen molar-refractivity contribution in [2.75, 3.05) is 5.32 Å². The Morgan fingerprint density at radius 2 is 1.78 bits per heavy atom. The summed E-state index contributed by atoms with van der Waals surface area (Å²) in [7, 11) is 0. The van der Waals surface area contributed by atoms with Crippen LogP contribution in [-0.2, 0) is 0 Å². The van der Waals surface area contributed by atoms with Crippen LogP contribution in [0.4, 0.5) is 10.5 Å². The van der Waals surface area contributed by atoms with Crippen molar-refractivity contribution in [3.63, 3.8) is 0 Å². The Bertz CT molecular complexity index is 990. The average Bonchev–Trinajstić information content (AvgIpc) is 3.12. The van der Waals surface area contributed by atoms with E-state index in [1.165, 1.54) is 18.3 Å². The molecule has 0 aliphatic rings. The Labute approximate surface area is 156 Å². The summed E-state index contributed by atoms with van der Waals surface area (Å²) >= 11 is 0. The highest BCUT2D eigenvalue weighted by Crippen LogP contribution is 2.14. The van der Waals surface area contributed by atoms with Gasteiger partial charge in [-0.15, -0.1) is 0 Å². The van der Waals surface area contributed by atoms with Crippen LogP contribution in [0.1, 0.15) is 21.6 Å². The number of hydrazone groups is 1. The molecule has 2 aromatic carbocycles. The van der Waals surface area contributed by atoms with Gasteiger partial charge in [-0.1, -0.05) is 18.2 Å². The van der Waals surface area contributed by atoms with Gasteiger partial charge in [-0.05, 0) is 55.0 Å². The molecule has 1 aromatic heterocycles. The second-order valence-corrected chi connectivity index (χ2v) is 5.79. The molecule has 0 aliphatic heterocycles. The lowest BCUT2D eigenvalue weighted by molar-refractivity contribution is 0.0697. The van der Waals surface area contributed by atoms with Crippen molar-refractivity contribution in [2.24, 2.45) is 5.10 Å². The van der Waals surface area contributed by atoms with Gasteiger partial charge in [0, 0.05) is 17.6 Å². The molecule has 3 N–H and O–H groups in total. The van der Waals surface area contributed by atoms with Crippen molar-refractivity contribution >= 4 is 23.9 Å². The van der Waals surface area contributed by atoms with Gasteiger partial charge in [0.2, 0.25) is 0 Å². The Balaban J connectivity index is 1.66. The molecule has 7 nitrogen and oxygen atoms in total. The fraction of sp³-hybridized carbons (Fsp3) is 0.0500. The van der Waals surface area contributed by atoms with E-state index in [2.05, 4.69) is 15.8 Å². The summed E-state index contributed by atoms with van der Waals surface area (Å²) in [6.45, 7) is 1.90. The zero-order valence-electron chi connectivity index (χ0n) is 14.6. The van der Waals surface area contributed by atoms with E-state index in [0.717, 1.165) is 16.9 Å². The number of nitrogens with zero attached hydrogens (tertiary/aromatic N) is 2. The number of aromatic nitrogens is 1. The van der Waals surface area contributed by atoms with Crippen LogP contribution in [0.15, 0.2) is 72.0 Å². The number of hydrogen-bond donors (Lipinski definition) is 3. The number of benzene rings is 2. The van der Waals surface area contributed by atoms with Crippen molar-refractivity contribution in [1.82, 2.24) is 9.99 Å². The van der Waals surface area contributed by atoms with E-state index >= 15 is 0 Å². The van der Waals surface area contributed by atoms with E-state index in [4.69, 9.17) is 5.11 Å². The van der Waals surface area contributed by atoms with Crippen molar-refractivity contribution in [3.8, 4) is 5.69 Å². The minimum absolute atomic E-state index is 0.218. The lowest BCUT2D eigenvalue weighted by Crippen LogP contribution is -2.24. The van der Waals surface area contributed by atoms with Crippen LogP contribution in [0, 0.1) is 6.92 Å². The Kier molecular flexibility index (Phi) is 5.32. The molecule has 0 radical (unpaired) electrons. The third-order valence-corrected chi connectivity index (χ3v) is 3.93. The highest BCUT2D eigenvalue weighted by Gasteiger charge is 2.05. The first-order valence-electron chi connectivity index (χ1n) is 8.21. The number of nitrogens with one attached hydrogen (secondary N) is 2. The highest BCUT2D eigenvalue weighted by molar-refractivity contribution is 5.91. The summed E-state index contributed by atoms with van der Waals surface area (Å²) in [4.78, 5) is 22.9. The molecular weight excluding hydrogens is 344 g/mol. The number of urea groups is 1. The summed E-state index contributed by atoms with van der Waals surface area (Å²) in [5, 5.41) is 15.7. The Morgan fingerprint density at radius 3 is 2.48 bits per heavy atom. The number of anilines is 1. The van der Waals surface area contributed by atoms with E-state index < -0.39 is 12.0 Å². The van der Waals surface area contributed by atoms with Crippen LogP contribution in [0.25, 0.3) is 5.69 Å². The van der Waals surface area contributed by atoms with Gasteiger partial charge in [-0.3, -0.25) is 0 Å². The molecule has 1 heterocycles. The topological polar surface area (TPSA) is 95.7 Å². The first kappa shape index (κ1) is 17.9. The predicted molar refractivity (Wildman–Crippen MR) is 104 cm³/mol. The molecular formula is C20H18N4O3. The molecule has 27 heavy (non-hydrogen) atoms. The van der Waals surface area contributed by atoms with Crippen molar-refractivity contribution in [2.45, 2.75) is 6.92 Å².